The third-order valence-corrected chi connectivity index (χ3v) is 5.06. The Kier molecular flexibility index (Phi) is 8.40. The average molecular weight is 459 g/mol. The van der Waals surface area contributed by atoms with Crippen molar-refractivity contribution >= 4 is 34.8 Å². The number of nitrogens with zero attached hydrogens (tertiary/aromatic N) is 1. The summed E-state index contributed by atoms with van der Waals surface area (Å²) in [6.45, 7) is 6.36. The van der Waals surface area contributed by atoms with E-state index in [0.29, 0.717) is 23.4 Å². The molecule has 3 amide bonds. The van der Waals surface area contributed by atoms with Crippen LogP contribution in [0, 0.1) is 0 Å². The Labute approximate surface area is 200 Å². The molecule has 0 fully saturated rings. The summed E-state index contributed by atoms with van der Waals surface area (Å²) in [5.74, 6) is -0.453. The molecular formula is C27H30N4O3. The summed E-state index contributed by atoms with van der Waals surface area (Å²) in [4.78, 5) is 38.9. The number of hydrogen-bond donors (Lipinski definition) is 3. The lowest BCUT2D eigenvalue weighted by Gasteiger charge is -2.21. The van der Waals surface area contributed by atoms with Gasteiger partial charge in [-0.05, 0) is 81.4 Å². The second kappa shape index (κ2) is 11.7. The first-order valence-electron chi connectivity index (χ1n) is 11.3. The Morgan fingerprint density at radius 3 is 1.97 bits per heavy atom. The van der Waals surface area contributed by atoms with Gasteiger partial charge in [-0.3, -0.25) is 14.4 Å². The van der Waals surface area contributed by atoms with E-state index in [2.05, 4.69) is 16.0 Å². The lowest BCUT2D eigenvalue weighted by molar-refractivity contribution is -0.114. The van der Waals surface area contributed by atoms with E-state index in [4.69, 9.17) is 0 Å². The Hall–Kier alpha value is -4.13. The second-order valence-electron chi connectivity index (χ2n) is 8.07. The van der Waals surface area contributed by atoms with Crippen LogP contribution in [0.15, 0.2) is 78.9 Å². The van der Waals surface area contributed by atoms with Crippen molar-refractivity contribution in [2.24, 2.45) is 0 Å². The molecule has 0 aliphatic heterocycles. The number of hydrogen-bond acceptors (Lipinski definition) is 4. The van der Waals surface area contributed by atoms with Crippen molar-refractivity contribution in [1.82, 2.24) is 5.32 Å². The number of para-hydroxylation sites is 1. The van der Waals surface area contributed by atoms with Crippen molar-refractivity contribution in [1.29, 1.82) is 0 Å². The molecule has 0 unspecified atom stereocenters. The molecule has 34 heavy (non-hydrogen) atoms. The van der Waals surface area contributed by atoms with E-state index in [1.165, 1.54) is 0 Å². The quantitative estimate of drug-likeness (QED) is 0.439. The molecule has 3 aromatic carbocycles. The van der Waals surface area contributed by atoms with Crippen molar-refractivity contribution < 1.29 is 14.4 Å². The highest BCUT2D eigenvalue weighted by molar-refractivity contribution is 6.06. The van der Waals surface area contributed by atoms with Gasteiger partial charge in [0.25, 0.3) is 11.8 Å². The minimum atomic E-state index is -0.222. The fraction of sp³-hybridized carbons (Fsp3) is 0.222. The van der Waals surface area contributed by atoms with Gasteiger partial charge in [0.2, 0.25) is 5.91 Å². The van der Waals surface area contributed by atoms with Crippen LogP contribution in [0.25, 0.3) is 0 Å². The molecule has 0 saturated carbocycles. The first-order chi connectivity index (χ1) is 16.4. The van der Waals surface area contributed by atoms with Gasteiger partial charge < -0.3 is 20.9 Å². The molecule has 0 radical (unpaired) electrons. The van der Waals surface area contributed by atoms with Crippen molar-refractivity contribution in [3.63, 3.8) is 0 Å². The molecule has 0 saturated heterocycles. The lowest BCUT2D eigenvalue weighted by Crippen LogP contribution is -2.30. The zero-order valence-corrected chi connectivity index (χ0v) is 19.7. The highest BCUT2D eigenvalue weighted by atomic mass is 16.2. The van der Waals surface area contributed by atoms with Gasteiger partial charge in [0.05, 0.1) is 6.54 Å². The van der Waals surface area contributed by atoms with Gasteiger partial charge in [-0.2, -0.15) is 0 Å². The summed E-state index contributed by atoms with van der Waals surface area (Å²) in [7, 11) is 0. The molecule has 176 valence electrons. The summed E-state index contributed by atoms with van der Waals surface area (Å²) < 4.78 is 0. The zero-order chi connectivity index (χ0) is 24.5. The third kappa shape index (κ3) is 6.68. The molecule has 0 heterocycles. The van der Waals surface area contributed by atoms with Crippen LogP contribution in [0.4, 0.5) is 17.1 Å². The summed E-state index contributed by atoms with van der Waals surface area (Å²) in [6, 6.07) is 23.4. The fourth-order valence-corrected chi connectivity index (χ4v) is 3.38. The van der Waals surface area contributed by atoms with Crippen molar-refractivity contribution in [3.8, 4) is 0 Å². The number of nitrogens with one attached hydrogen (secondary N) is 3. The number of carbonyl (C=O) groups excluding carboxylic acids is 3. The Morgan fingerprint density at radius 1 is 0.794 bits per heavy atom. The monoisotopic (exact) mass is 458 g/mol. The van der Waals surface area contributed by atoms with Gasteiger partial charge in [-0.1, -0.05) is 18.2 Å². The summed E-state index contributed by atoms with van der Waals surface area (Å²) >= 11 is 0. The number of benzene rings is 3. The van der Waals surface area contributed by atoms with Gasteiger partial charge in [-0.15, -0.1) is 0 Å². The molecule has 0 aliphatic carbocycles. The smallest absolute Gasteiger partial charge is 0.258 e. The molecule has 0 aromatic heterocycles. The average Bonchev–Trinajstić information content (AvgIpc) is 2.84. The Balaban J connectivity index is 1.53. The normalized spacial score (nSPS) is 10.5. The summed E-state index contributed by atoms with van der Waals surface area (Å²) in [5, 5.41) is 8.69. The maximum atomic E-state index is 12.9. The van der Waals surface area contributed by atoms with Crippen molar-refractivity contribution in [3.05, 3.63) is 90.0 Å². The first kappa shape index (κ1) is 24.5. The Bertz CT molecular complexity index is 1110. The molecule has 3 rings (SSSR count). The molecule has 3 N–H and O–H groups in total. The molecule has 7 nitrogen and oxygen atoms in total. The van der Waals surface area contributed by atoms with Crippen LogP contribution in [0.5, 0.6) is 0 Å². The van der Waals surface area contributed by atoms with Crippen LogP contribution < -0.4 is 20.9 Å². The van der Waals surface area contributed by atoms with Crippen LogP contribution >= 0.6 is 0 Å². The van der Waals surface area contributed by atoms with E-state index < -0.39 is 0 Å². The molecule has 7 heteroatoms. The largest absolute Gasteiger partial charge is 0.376 e. The van der Waals surface area contributed by atoms with Gasteiger partial charge in [0.1, 0.15) is 0 Å². The standard InChI is InChI=1S/C27H30N4O3/c1-4-31(24-8-6-5-7-9-24)27(34)21-12-16-23(17-13-21)30-25(32)18-28-22-14-10-20(11-15-22)26(33)29-19(2)3/h5-17,19,28H,4,18H2,1-3H3,(H,29,33)(H,30,32). The number of amides is 3. The second-order valence-corrected chi connectivity index (χ2v) is 8.07. The predicted octanol–water partition coefficient (Wildman–Crippen LogP) is 4.54. The van der Waals surface area contributed by atoms with E-state index in [0.717, 1.165) is 11.4 Å². The number of carbonyl (C=O) groups is 3. The van der Waals surface area contributed by atoms with E-state index >= 15 is 0 Å². The van der Waals surface area contributed by atoms with E-state index in [-0.39, 0.29) is 30.3 Å². The minimum Gasteiger partial charge on any atom is -0.376 e. The predicted molar refractivity (Wildman–Crippen MR) is 136 cm³/mol. The van der Waals surface area contributed by atoms with Gasteiger partial charge in [0, 0.05) is 40.8 Å². The van der Waals surface area contributed by atoms with Crippen LogP contribution in [0.3, 0.4) is 0 Å². The first-order valence-corrected chi connectivity index (χ1v) is 11.3. The van der Waals surface area contributed by atoms with Crippen molar-refractivity contribution in [2.75, 3.05) is 28.6 Å². The maximum absolute atomic E-state index is 12.9. The van der Waals surface area contributed by atoms with E-state index in [9.17, 15) is 14.4 Å². The zero-order valence-electron chi connectivity index (χ0n) is 19.7. The minimum absolute atomic E-state index is 0.0653. The third-order valence-electron chi connectivity index (χ3n) is 5.06. The highest BCUT2D eigenvalue weighted by Gasteiger charge is 2.16. The van der Waals surface area contributed by atoms with Gasteiger partial charge in [-0.25, -0.2) is 0 Å². The molecular weight excluding hydrogens is 428 g/mol. The molecule has 0 spiro atoms. The molecule has 0 bridgehead atoms. The van der Waals surface area contributed by atoms with Crippen LogP contribution in [-0.2, 0) is 4.79 Å². The van der Waals surface area contributed by atoms with Crippen LogP contribution in [0.2, 0.25) is 0 Å². The van der Waals surface area contributed by atoms with E-state index in [1.807, 2.05) is 51.1 Å². The number of anilines is 3. The summed E-state index contributed by atoms with van der Waals surface area (Å²) in [5.41, 5.74) is 3.28. The van der Waals surface area contributed by atoms with E-state index in [1.54, 1.807) is 53.4 Å². The topological polar surface area (TPSA) is 90.5 Å². The van der Waals surface area contributed by atoms with Crippen LogP contribution in [-0.4, -0.2) is 36.9 Å². The SMILES string of the molecule is CCN(C(=O)c1ccc(NC(=O)CNc2ccc(C(=O)NC(C)C)cc2)cc1)c1ccccc1. The van der Waals surface area contributed by atoms with Crippen LogP contribution in [0.1, 0.15) is 41.5 Å². The van der Waals surface area contributed by atoms with Crippen molar-refractivity contribution in [2.45, 2.75) is 26.8 Å². The Morgan fingerprint density at radius 2 is 1.38 bits per heavy atom. The molecule has 0 atom stereocenters. The fourth-order valence-electron chi connectivity index (χ4n) is 3.38. The van der Waals surface area contributed by atoms with Gasteiger partial charge >= 0.3 is 0 Å². The molecule has 3 aromatic rings. The number of rotatable bonds is 9. The molecule has 0 aliphatic rings. The highest BCUT2D eigenvalue weighted by Crippen LogP contribution is 2.18. The maximum Gasteiger partial charge on any atom is 0.258 e. The summed E-state index contributed by atoms with van der Waals surface area (Å²) in [6.07, 6.45) is 0. The van der Waals surface area contributed by atoms with Gasteiger partial charge in [0.15, 0.2) is 0 Å². The lowest BCUT2D eigenvalue weighted by atomic mass is 10.1.